The van der Waals surface area contributed by atoms with Gasteiger partial charge in [0.15, 0.2) is 11.6 Å². The molecular weight excluding hydrogens is 549 g/mol. The number of anilines is 3. The molecule has 9 nitrogen and oxygen atoms in total. The molecule has 1 aromatic heterocycles. The van der Waals surface area contributed by atoms with Gasteiger partial charge in [-0.15, -0.1) is 0 Å². The lowest BCUT2D eigenvalue weighted by Gasteiger charge is -2.20. The molecule has 3 amide bonds. The lowest BCUT2D eigenvalue weighted by molar-refractivity contribution is -0.141. The number of pyridine rings is 1. The first-order valence-corrected chi connectivity index (χ1v) is 13.1. The van der Waals surface area contributed by atoms with Gasteiger partial charge in [0.1, 0.15) is 11.7 Å². The van der Waals surface area contributed by atoms with Crippen LogP contribution in [0.1, 0.15) is 12.1 Å². The van der Waals surface area contributed by atoms with Crippen molar-refractivity contribution in [2.75, 3.05) is 27.7 Å². The minimum atomic E-state index is -4.65. The molecule has 4 rings (SSSR count). The Morgan fingerprint density at radius 3 is 2.38 bits per heavy atom. The van der Waals surface area contributed by atoms with Gasteiger partial charge in [-0.05, 0) is 36.8 Å². The number of alkyl halides is 3. The Morgan fingerprint density at radius 1 is 1.03 bits per heavy atom. The summed E-state index contributed by atoms with van der Waals surface area (Å²) in [7, 11) is -3.71. The molecule has 1 atom stereocenters. The van der Waals surface area contributed by atoms with Crippen LogP contribution in [-0.4, -0.2) is 44.2 Å². The molecule has 1 aliphatic heterocycles. The average Bonchev–Trinajstić information content (AvgIpc) is 3.19. The van der Waals surface area contributed by atoms with E-state index in [4.69, 9.17) is 0 Å². The quantitative estimate of drug-likeness (QED) is 0.382. The van der Waals surface area contributed by atoms with Crippen LogP contribution < -0.4 is 20.3 Å². The third-order valence-corrected chi connectivity index (χ3v) is 6.28. The summed E-state index contributed by atoms with van der Waals surface area (Å²) in [4.78, 5) is 29.3. The predicted molar refractivity (Wildman–Crippen MR) is 132 cm³/mol. The second-order valence-electron chi connectivity index (χ2n) is 8.54. The van der Waals surface area contributed by atoms with Gasteiger partial charge in [-0.1, -0.05) is 18.2 Å². The highest BCUT2D eigenvalue weighted by Crippen LogP contribution is 2.36. The van der Waals surface area contributed by atoms with Crippen LogP contribution >= 0.6 is 0 Å². The molecule has 0 radical (unpaired) electrons. The average molecular weight is 570 g/mol. The smallest absolute Gasteiger partial charge is 0.326 e. The van der Waals surface area contributed by atoms with E-state index in [9.17, 15) is 31.2 Å². The Morgan fingerprint density at radius 2 is 1.74 bits per heavy atom. The molecule has 15 heteroatoms. The number of amides is 3. The number of sulfonamides is 1. The highest BCUT2D eigenvalue weighted by atomic mass is 32.2. The zero-order valence-electron chi connectivity index (χ0n) is 20.0. The first-order valence-electron chi connectivity index (χ1n) is 11.2. The van der Waals surface area contributed by atoms with Crippen molar-refractivity contribution in [3.63, 3.8) is 0 Å². The molecule has 0 aliphatic carbocycles. The van der Waals surface area contributed by atoms with Crippen LogP contribution in [0.15, 0.2) is 54.7 Å². The number of carbonyl (C=O) groups is 2. The molecule has 1 saturated heterocycles. The number of nitrogens with one attached hydrogen (secondary N) is 3. The number of hydrogen-bond donors (Lipinski definition) is 3. The van der Waals surface area contributed by atoms with Crippen LogP contribution in [0.5, 0.6) is 0 Å². The number of aromatic nitrogens is 1. The fourth-order valence-electron chi connectivity index (χ4n) is 3.98. The first-order chi connectivity index (χ1) is 18.2. The van der Waals surface area contributed by atoms with Gasteiger partial charge in [-0.3, -0.25) is 9.52 Å². The molecule has 3 aromatic rings. The van der Waals surface area contributed by atoms with Gasteiger partial charge < -0.3 is 15.5 Å². The fraction of sp³-hybridized carbons (Fsp3) is 0.208. The van der Waals surface area contributed by atoms with Gasteiger partial charge in [0, 0.05) is 17.7 Å². The number of rotatable bonds is 6. The number of benzene rings is 2. The number of hydrogen-bond acceptors (Lipinski definition) is 5. The third kappa shape index (κ3) is 6.25. The number of carbonyl (C=O) groups excluding carboxylic acids is 2. The summed E-state index contributed by atoms with van der Waals surface area (Å²) in [6, 6.07) is 7.82. The Hall–Kier alpha value is -4.27. The molecule has 1 fully saturated rings. The van der Waals surface area contributed by atoms with Crippen molar-refractivity contribution in [2.24, 2.45) is 0 Å². The highest BCUT2D eigenvalue weighted by molar-refractivity contribution is 7.92. The van der Waals surface area contributed by atoms with E-state index in [2.05, 4.69) is 20.3 Å². The van der Waals surface area contributed by atoms with Crippen molar-refractivity contribution in [3.8, 4) is 11.1 Å². The van der Waals surface area contributed by atoms with E-state index in [-0.39, 0.29) is 41.2 Å². The van der Waals surface area contributed by atoms with Gasteiger partial charge in [0.25, 0.3) is 0 Å². The van der Waals surface area contributed by atoms with Crippen LogP contribution in [0.25, 0.3) is 11.1 Å². The van der Waals surface area contributed by atoms with Crippen molar-refractivity contribution in [1.82, 2.24) is 10.3 Å². The van der Waals surface area contributed by atoms with Crippen molar-refractivity contribution in [3.05, 3.63) is 72.1 Å². The molecule has 39 heavy (non-hydrogen) atoms. The topological polar surface area (TPSA) is 120 Å². The van der Waals surface area contributed by atoms with Gasteiger partial charge in [0.2, 0.25) is 15.9 Å². The van der Waals surface area contributed by atoms with Crippen LogP contribution in [0.4, 0.5) is 43.8 Å². The molecule has 0 unspecified atom stereocenters. The third-order valence-electron chi connectivity index (χ3n) is 5.69. The van der Waals surface area contributed by atoms with E-state index in [0.29, 0.717) is 6.07 Å². The number of para-hydroxylation sites is 1. The maximum Gasteiger partial charge on any atom is 0.433 e. The van der Waals surface area contributed by atoms with Crippen molar-refractivity contribution >= 4 is 39.0 Å². The van der Waals surface area contributed by atoms with Crippen molar-refractivity contribution in [1.29, 1.82) is 0 Å². The molecule has 2 aromatic carbocycles. The maximum absolute atomic E-state index is 15.1. The lowest BCUT2D eigenvalue weighted by Crippen LogP contribution is -2.43. The van der Waals surface area contributed by atoms with Crippen molar-refractivity contribution < 1.29 is 40.0 Å². The van der Waals surface area contributed by atoms with Gasteiger partial charge in [-0.25, -0.2) is 27.0 Å². The van der Waals surface area contributed by atoms with E-state index in [1.165, 1.54) is 36.4 Å². The van der Waals surface area contributed by atoms with Crippen molar-refractivity contribution in [2.45, 2.75) is 18.6 Å². The first kappa shape index (κ1) is 27.8. The van der Waals surface area contributed by atoms with Crippen LogP contribution in [-0.2, 0) is 21.0 Å². The Bertz CT molecular complexity index is 1530. The Balaban J connectivity index is 1.48. The molecule has 1 aliphatic rings. The summed E-state index contributed by atoms with van der Waals surface area (Å²) in [6.07, 6.45) is -2.90. The van der Waals surface area contributed by atoms with E-state index in [1.807, 2.05) is 0 Å². The van der Waals surface area contributed by atoms with Crippen LogP contribution in [0.2, 0.25) is 0 Å². The highest BCUT2D eigenvalue weighted by Gasteiger charge is 2.36. The molecule has 206 valence electrons. The summed E-state index contributed by atoms with van der Waals surface area (Å²) in [5, 5.41) is 4.61. The van der Waals surface area contributed by atoms with Crippen LogP contribution in [0, 0.1) is 11.6 Å². The SMILES string of the molecule is CS(=O)(=O)Nc1ccccc1-c1ccc(N2CC[C@@H](NC(=O)Nc3ccc(C(F)(F)F)nc3)C2=O)c(F)c1F. The second-order valence-corrected chi connectivity index (χ2v) is 10.3. The number of nitrogens with zero attached hydrogens (tertiary/aromatic N) is 2. The molecular formula is C24H20F5N5O4S. The van der Waals surface area contributed by atoms with Gasteiger partial charge >= 0.3 is 12.2 Å². The number of urea groups is 1. The monoisotopic (exact) mass is 569 g/mol. The zero-order chi connectivity index (χ0) is 28.5. The zero-order valence-corrected chi connectivity index (χ0v) is 20.8. The number of halogens is 5. The van der Waals surface area contributed by atoms with E-state index >= 15 is 8.78 Å². The van der Waals surface area contributed by atoms with Crippen LogP contribution in [0.3, 0.4) is 0 Å². The molecule has 3 N–H and O–H groups in total. The summed E-state index contributed by atoms with van der Waals surface area (Å²) >= 11 is 0. The second kappa shape index (κ2) is 10.5. The molecule has 0 spiro atoms. The van der Waals surface area contributed by atoms with Gasteiger partial charge in [-0.2, -0.15) is 13.2 Å². The molecule has 0 saturated carbocycles. The standard InChI is InChI=1S/C24H20F5N5O4S/c1-39(37,38)33-16-5-3-2-4-14(16)15-7-8-18(21(26)20(15)25)34-11-10-17(22(34)35)32-23(36)31-13-6-9-19(30-12-13)24(27,28)29/h2-9,12,17,33H,10-11H2,1H3,(H2,31,32,36)/t17-/m1/s1. The normalized spacial score (nSPS) is 15.8. The predicted octanol–water partition coefficient (Wildman–Crippen LogP) is 4.34. The van der Waals surface area contributed by atoms with E-state index in [0.717, 1.165) is 23.4 Å². The molecule has 2 heterocycles. The van der Waals surface area contributed by atoms with Gasteiger partial charge in [0.05, 0.1) is 29.5 Å². The summed E-state index contributed by atoms with van der Waals surface area (Å²) < 4.78 is 93.7. The Labute approximate surface area is 219 Å². The minimum Gasteiger partial charge on any atom is -0.326 e. The maximum atomic E-state index is 15.1. The fourth-order valence-corrected chi connectivity index (χ4v) is 4.55. The van der Waals surface area contributed by atoms with E-state index < -0.39 is 51.5 Å². The minimum absolute atomic E-state index is 0.0295. The largest absolute Gasteiger partial charge is 0.433 e. The Kier molecular flexibility index (Phi) is 7.46. The molecule has 0 bridgehead atoms. The summed E-state index contributed by atoms with van der Waals surface area (Å²) in [5.41, 5.74) is -1.72. The van der Waals surface area contributed by atoms with E-state index in [1.54, 1.807) is 0 Å². The lowest BCUT2D eigenvalue weighted by atomic mass is 10.0. The summed E-state index contributed by atoms with van der Waals surface area (Å²) in [6.45, 7) is -0.0620. The summed E-state index contributed by atoms with van der Waals surface area (Å²) in [5.74, 6) is -3.40.